The van der Waals surface area contributed by atoms with Gasteiger partial charge < -0.3 is 10.6 Å². The van der Waals surface area contributed by atoms with Crippen molar-refractivity contribution in [2.24, 2.45) is 0 Å². The number of anilines is 1. The molecular formula is C17H19N3O2. The number of hydrogen-bond donors (Lipinski definition) is 2. The van der Waals surface area contributed by atoms with Crippen LogP contribution in [0.3, 0.4) is 0 Å². The van der Waals surface area contributed by atoms with Crippen molar-refractivity contribution in [2.75, 3.05) is 11.9 Å². The Morgan fingerprint density at radius 1 is 1.05 bits per heavy atom. The van der Waals surface area contributed by atoms with Crippen LogP contribution in [-0.2, 0) is 16.0 Å². The van der Waals surface area contributed by atoms with Crippen LogP contribution < -0.4 is 10.6 Å². The van der Waals surface area contributed by atoms with Gasteiger partial charge in [-0.3, -0.25) is 14.6 Å². The Morgan fingerprint density at radius 3 is 2.59 bits per heavy atom. The zero-order valence-corrected chi connectivity index (χ0v) is 12.7. The molecular weight excluding hydrogens is 278 g/mol. The van der Waals surface area contributed by atoms with Crippen molar-refractivity contribution in [1.82, 2.24) is 10.3 Å². The van der Waals surface area contributed by atoms with Crippen molar-refractivity contribution < 1.29 is 9.59 Å². The highest BCUT2D eigenvalue weighted by molar-refractivity contribution is 6.39. The van der Waals surface area contributed by atoms with Crippen LogP contribution in [0.4, 0.5) is 5.69 Å². The Labute approximate surface area is 129 Å². The summed E-state index contributed by atoms with van der Waals surface area (Å²) in [7, 11) is 0. The highest BCUT2D eigenvalue weighted by Crippen LogP contribution is 2.17. The second-order valence-corrected chi connectivity index (χ2v) is 5.03. The molecule has 0 fully saturated rings. The average molecular weight is 297 g/mol. The zero-order valence-electron chi connectivity index (χ0n) is 12.7. The lowest BCUT2D eigenvalue weighted by Crippen LogP contribution is -2.36. The van der Waals surface area contributed by atoms with Gasteiger partial charge in [0.05, 0.1) is 0 Å². The molecule has 0 spiro atoms. The average Bonchev–Trinajstić information content (AvgIpc) is 2.52. The normalized spacial score (nSPS) is 10.1. The Morgan fingerprint density at radius 2 is 1.86 bits per heavy atom. The molecule has 0 aliphatic heterocycles. The van der Waals surface area contributed by atoms with Crippen molar-refractivity contribution in [3.05, 3.63) is 59.4 Å². The van der Waals surface area contributed by atoms with Crippen LogP contribution in [0.1, 0.15) is 16.8 Å². The number of amides is 2. The van der Waals surface area contributed by atoms with E-state index < -0.39 is 11.8 Å². The number of nitrogens with one attached hydrogen (secondary N) is 2. The topological polar surface area (TPSA) is 71.1 Å². The summed E-state index contributed by atoms with van der Waals surface area (Å²) in [5, 5.41) is 5.23. The summed E-state index contributed by atoms with van der Waals surface area (Å²) < 4.78 is 0. The van der Waals surface area contributed by atoms with Crippen molar-refractivity contribution >= 4 is 17.5 Å². The third kappa shape index (κ3) is 4.15. The lowest BCUT2D eigenvalue weighted by atomic mass is 10.1. The molecule has 2 aromatic rings. The monoisotopic (exact) mass is 297 g/mol. The van der Waals surface area contributed by atoms with Gasteiger partial charge in [0.25, 0.3) is 0 Å². The summed E-state index contributed by atoms with van der Waals surface area (Å²) in [6.45, 7) is 4.23. The van der Waals surface area contributed by atoms with Gasteiger partial charge in [0.1, 0.15) is 0 Å². The molecule has 0 bridgehead atoms. The molecule has 1 aromatic carbocycles. The largest absolute Gasteiger partial charge is 0.347 e. The highest BCUT2D eigenvalue weighted by Gasteiger charge is 2.14. The molecule has 0 aliphatic carbocycles. The number of aryl methyl sites for hydroxylation is 1. The second kappa shape index (κ2) is 7.36. The van der Waals surface area contributed by atoms with Gasteiger partial charge in [0.2, 0.25) is 0 Å². The Kier molecular flexibility index (Phi) is 5.25. The SMILES string of the molecule is Cc1cccc(NC(=O)C(=O)NCCc2ccccn2)c1C. The molecule has 0 saturated carbocycles. The molecule has 5 heteroatoms. The minimum Gasteiger partial charge on any atom is -0.347 e. The fourth-order valence-electron chi connectivity index (χ4n) is 2.00. The van der Waals surface area contributed by atoms with Gasteiger partial charge in [-0.1, -0.05) is 18.2 Å². The first-order chi connectivity index (χ1) is 10.6. The predicted molar refractivity (Wildman–Crippen MR) is 85.5 cm³/mol. The zero-order chi connectivity index (χ0) is 15.9. The molecule has 2 amide bonds. The second-order valence-electron chi connectivity index (χ2n) is 5.03. The molecule has 22 heavy (non-hydrogen) atoms. The minimum absolute atomic E-state index is 0.371. The van der Waals surface area contributed by atoms with Crippen LogP contribution >= 0.6 is 0 Å². The maximum Gasteiger partial charge on any atom is 0.313 e. The smallest absolute Gasteiger partial charge is 0.313 e. The van der Waals surface area contributed by atoms with Crippen LogP contribution in [0.2, 0.25) is 0 Å². The highest BCUT2D eigenvalue weighted by atomic mass is 16.2. The van der Waals surface area contributed by atoms with Gasteiger partial charge in [-0.2, -0.15) is 0 Å². The number of rotatable bonds is 4. The van der Waals surface area contributed by atoms with Gasteiger partial charge in [0.15, 0.2) is 0 Å². The van der Waals surface area contributed by atoms with Crippen molar-refractivity contribution in [3.63, 3.8) is 0 Å². The number of pyridine rings is 1. The summed E-state index contributed by atoms with van der Waals surface area (Å²) in [4.78, 5) is 27.8. The molecule has 114 valence electrons. The van der Waals surface area contributed by atoms with E-state index in [9.17, 15) is 9.59 Å². The molecule has 1 aromatic heterocycles. The summed E-state index contributed by atoms with van der Waals surface area (Å²) in [6.07, 6.45) is 2.29. The third-order valence-electron chi connectivity index (χ3n) is 3.45. The first kappa shape index (κ1) is 15.7. The Bertz CT molecular complexity index is 669. The molecule has 0 unspecified atom stereocenters. The van der Waals surface area contributed by atoms with E-state index in [1.54, 1.807) is 12.3 Å². The number of carbonyl (C=O) groups is 2. The van der Waals surface area contributed by atoms with E-state index >= 15 is 0 Å². The van der Waals surface area contributed by atoms with Crippen LogP contribution in [0.5, 0.6) is 0 Å². The van der Waals surface area contributed by atoms with E-state index in [0.29, 0.717) is 18.7 Å². The van der Waals surface area contributed by atoms with Gasteiger partial charge in [-0.15, -0.1) is 0 Å². The Hall–Kier alpha value is -2.69. The summed E-state index contributed by atoms with van der Waals surface area (Å²) in [5.41, 5.74) is 3.55. The van der Waals surface area contributed by atoms with Crippen molar-refractivity contribution in [2.45, 2.75) is 20.3 Å². The molecule has 1 heterocycles. The predicted octanol–water partition coefficient (Wildman–Crippen LogP) is 2.00. The van der Waals surface area contributed by atoms with Gasteiger partial charge in [0, 0.05) is 30.5 Å². The fraction of sp³-hybridized carbons (Fsp3) is 0.235. The lowest BCUT2D eigenvalue weighted by Gasteiger charge is -2.10. The third-order valence-corrected chi connectivity index (χ3v) is 3.45. The van der Waals surface area contributed by atoms with Crippen LogP contribution in [0, 0.1) is 13.8 Å². The van der Waals surface area contributed by atoms with Gasteiger partial charge in [-0.25, -0.2) is 0 Å². The first-order valence-electron chi connectivity index (χ1n) is 7.13. The summed E-state index contributed by atoms with van der Waals surface area (Å²) in [6, 6.07) is 11.2. The van der Waals surface area contributed by atoms with E-state index in [2.05, 4.69) is 15.6 Å². The molecule has 5 nitrogen and oxygen atoms in total. The number of hydrogen-bond acceptors (Lipinski definition) is 3. The van der Waals surface area contributed by atoms with Crippen LogP contribution in [0.25, 0.3) is 0 Å². The van der Waals surface area contributed by atoms with Gasteiger partial charge >= 0.3 is 11.8 Å². The fourth-order valence-corrected chi connectivity index (χ4v) is 2.00. The molecule has 0 saturated heterocycles. The Balaban J connectivity index is 1.85. The number of nitrogens with zero attached hydrogens (tertiary/aromatic N) is 1. The number of benzene rings is 1. The van der Waals surface area contributed by atoms with E-state index in [-0.39, 0.29) is 0 Å². The maximum atomic E-state index is 11.9. The first-order valence-corrected chi connectivity index (χ1v) is 7.13. The minimum atomic E-state index is -0.658. The maximum absolute atomic E-state index is 11.9. The number of aromatic nitrogens is 1. The molecule has 0 aliphatic rings. The van der Waals surface area contributed by atoms with Crippen LogP contribution in [-0.4, -0.2) is 23.3 Å². The molecule has 0 atom stereocenters. The molecule has 2 rings (SSSR count). The molecule has 2 N–H and O–H groups in total. The van der Waals surface area contributed by atoms with Crippen LogP contribution in [0.15, 0.2) is 42.6 Å². The quantitative estimate of drug-likeness (QED) is 0.848. The molecule has 0 radical (unpaired) electrons. The van der Waals surface area contributed by atoms with E-state index in [1.165, 1.54) is 0 Å². The lowest BCUT2D eigenvalue weighted by molar-refractivity contribution is -0.136. The van der Waals surface area contributed by atoms with Crippen molar-refractivity contribution in [3.8, 4) is 0 Å². The van der Waals surface area contributed by atoms with E-state index in [4.69, 9.17) is 0 Å². The standard InChI is InChI=1S/C17H19N3O2/c1-12-6-5-8-15(13(12)2)20-17(22)16(21)19-11-9-14-7-3-4-10-18-14/h3-8,10H,9,11H2,1-2H3,(H,19,21)(H,20,22). The summed E-state index contributed by atoms with van der Waals surface area (Å²) in [5.74, 6) is -1.30. The number of carbonyl (C=O) groups excluding carboxylic acids is 2. The van der Waals surface area contributed by atoms with E-state index in [1.807, 2.05) is 44.2 Å². The van der Waals surface area contributed by atoms with E-state index in [0.717, 1.165) is 16.8 Å². The van der Waals surface area contributed by atoms with Gasteiger partial charge in [-0.05, 0) is 43.2 Å². The van der Waals surface area contributed by atoms with Crippen molar-refractivity contribution in [1.29, 1.82) is 0 Å². The summed E-state index contributed by atoms with van der Waals surface area (Å²) >= 11 is 0.